The molecule has 2 aromatic carbocycles. The van der Waals surface area contributed by atoms with Gasteiger partial charge >= 0.3 is 5.97 Å². The number of fused-ring (bicyclic) bond motifs is 17. The van der Waals surface area contributed by atoms with Gasteiger partial charge in [-0.3, -0.25) is 14.4 Å². The molecule has 0 bridgehead atoms. The first kappa shape index (κ1) is 93.9. The number of carboxylic acids is 1. The van der Waals surface area contributed by atoms with Gasteiger partial charge in [0.2, 0.25) is 5.91 Å². The highest BCUT2D eigenvalue weighted by atomic mass is 33.1. The van der Waals surface area contributed by atoms with E-state index in [0.717, 1.165) is 184 Å². The summed E-state index contributed by atoms with van der Waals surface area (Å²) in [5.41, 5.74) is 3.80. The average Bonchev–Trinajstić information content (AvgIpc) is 1.55. The number of thioether (sulfide) groups is 1. The lowest BCUT2D eigenvalue weighted by Crippen LogP contribution is -2.53. The third kappa shape index (κ3) is 21.3. The maximum atomic E-state index is 14.1. The largest absolute Gasteiger partial charge is 0.481 e. The predicted octanol–water partition coefficient (Wildman–Crippen LogP) is 22.1. The normalized spacial score (nSPS) is 36.8. The van der Waals surface area contributed by atoms with Gasteiger partial charge in [0.05, 0.1) is 42.5 Å². The van der Waals surface area contributed by atoms with Crippen molar-refractivity contribution in [3.63, 3.8) is 0 Å². The summed E-state index contributed by atoms with van der Waals surface area (Å²) in [6.45, 7) is 20.4. The minimum atomic E-state index is -0.616. The van der Waals surface area contributed by atoms with Crippen LogP contribution < -0.4 is 10.2 Å². The molecule has 2 aliphatic heterocycles. The van der Waals surface area contributed by atoms with E-state index >= 15 is 0 Å². The highest BCUT2D eigenvalue weighted by Crippen LogP contribution is 2.69. The summed E-state index contributed by atoms with van der Waals surface area (Å²) >= 11 is 1.36. The molecular weight excluding hydrogens is 1580 g/mol. The fraction of sp³-hybridized carbons (Fsp3) is 0.673. The molecule has 0 radical (unpaired) electrons. The van der Waals surface area contributed by atoms with Crippen LogP contribution in [0.25, 0.3) is 0 Å². The SMILES string of the molecule is C#C.C#CC.CCOC[C@@]1(O)CC[C@H]2[C@H](CC[C@@H]3[C@@H]2CC[C@]2(C)[C@@H](C(=O)N4CCCc5ccccc54)CC[C@@H]32)C1.CCOC[C@@]1(O)CC[C@H]2[C@H](CC[C@@H]3[C@@H]2CC[C@]2(C)[C@@H](C(=O)O)CC[C@@H]32)C1.CCOC[C@@]1(O)CC[C@H]2[C@H](CC[C@@H]3[C@@H]2CC[C@]2(C)[C@@H](C(=O)Sc4ccccn4)CC[C@@H]32)C1.c1ccc(SSc2ccccn2)nc1.c1ccc2c(c1)CCCN2. The number of terminal acetylenes is 2. The number of aliphatic carboxylic acids is 1. The third-order valence-corrected chi connectivity index (χ3v) is 36.7. The molecule has 3 aromatic heterocycles. The van der Waals surface area contributed by atoms with Gasteiger partial charge < -0.3 is 44.9 Å². The number of anilines is 2. The van der Waals surface area contributed by atoms with E-state index < -0.39 is 22.8 Å². The number of rotatable bonds is 16. The number of aryl methyl sites for hydroxylation is 2. The van der Waals surface area contributed by atoms with Gasteiger partial charge in [0, 0.05) is 74.7 Å². The number of hydrogen-bond donors (Lipinski definition) is 5. The second-order valence-corrected chi connectivity index (χ2v) is 43.0. The molecule has 18 heteroatoms. The van der Waals surface area contributed by atoms with Crippen molar-refractivity contribution < 1.29 is 49.0 Å². The number of aromatic nitrogens is 3. The number of carbonyl (C=O) groups is 3. The molecule has 122 heavy (non-hydrogen) atoms. The molecule has 5 N–H and O–H groups in total. The minimum Gasteiger partial charge on any atom is -0.481 e. The molecule has 12 fully saturated rings. The van der Waals surface area contributed by atoms with Crippen molar-refractivity contribution in [3.8, 4) is 25.2 Å². The number of pyridine rings is 3. The van der Waals surface area contributed by atoms with Crippen molar-refractivity contribution in [3.05, 3.63) is 133 Å². The van der Waals surface area contributed by atoms with Gasteiger partial charge in [-0.15, -0.1) is 25.2 Å². The number of aliphatic hydroxyl groups is 3. The standard InChI is InChI=1S/C31H45NO3.C27H39NO3S.C22H36O4.C10H8N2S2.C9H11N.C3H4.C2H2/c1-3-35-20-31(34)17-15-23-22(19-31)10-11-25-24(23)14-16-30(2)26(25)12-13-27(30)29(33)32-18-6-8-21-7-4-5-9-28(21)32;1-3-31-17-27(30)14-12-19-18(16-27)7-8-21-20(19)11-13-26(2)22(21)9-10-23(26)25(29)32-24-6-4-5-15-28-24;1-3-26-13-22(25)11-9-15-14(12-22)4-5-17-16(15)8-10-21(2)18(17)6-7-19(21)20(23)24;1-3-7-11-9(5-1)13-14-10-6-2-4-8-12-10;1-2-6-9-8(4-1)5-3-7-10-9;1-3-2;1-2/h4-5,7,9,22-27,34H,3,6,8,10-20H2,1-2H3;4-6,15,18-23,30H,3,7-14,16-17H2,1-2H3;14-19,25H,3-13H2,1-2H3,(H,23,24);1-8H;1-2,4,6,10H,3,5,7H2;1H,2H3;1-2H/t22-,23+,24-,25-,26+,27-,30+,31-;18-,19+,20-,21-,22+,23-,26+,27-;14-,15+,16-,17-,18+,19-,21+,22-;;;;/m111..../s1. The smallest absolute Gasteiger partial charge is 0.307 e. The summed E-state index contributed by atoms with van der Waals surface area (Å²) in [4.78, 5) is 54.1. The maximum Gasteiger partial charge on any atom is 0.307 e. The number of ether oxygens (including phenoxy) is 3. The van der Waals surface area contributed by atoms with Crippen molar-refractivity contribution in [1.82, 2.24) is 15.0 Å². The zero-order chi connectivity index (χ0) is 86.2. The fourth-order valence-corrected chi connectivity index (χ4v) is 30.9. The Morgan fingerprint density at radius 1 is 0.467 bits per heavy atom. The molecule has 12 aliphatic carbocycles. The van der Waals surface area contributed by atoms with E-state index in [1.807, 2.05) is 75.4 Å². The Balaban J connectivity index is 0.000000136. The van der Waals surface area contributed by atoms with Gasteiger partial charge in [-0.25, -0.2) is 15.0 Å². The van der Waals surface area contributed by atoms with Gasteiger partial charge in [-0.05, 0) is 425 Å². The van der Waals surface area contributed by atoms with Crippen LogP contribution in [0.3, 0.4) is 0 Å². The van der Waals surface area contributed by atoms with Crippen LogP contribution in [-0.2, 0) is 41.4 Å². The van der Waals surface area contributed by atoms with Crippen molar-refractivity contribution >= 4 is 61.7 Å². The molecule has 24 atom stereocenters. The van der Waals surface area contributed by atoms with Crippen molar-refractivity contribution in [2.24, 2.45) is 123 Å². The van der Waals surface area contributed by atoms with E-state index in [4.69, 9.17) is 14.2 Å². The molecule has 664 valence electrons. The van der Waals surface area contributed by atoms with E-state index in [9.17, 15) is 34.8 Å². The number of hydrogen-bond acceptors (Lipinski definition) is 16. The van der Waals surface area contributed by atoms with Gasteiger partial charge in [0.25, 0.3) is 0 Å². The monoisotopic (exact) mass is 1720 g/mol. The molecule has 1 amide bonds. The van der Waals surface area contributed by atoms with E-state index in [0.29, 0.717) is 86.2 Å². The van der Waals surface area contributed by atoms with Crippen LogP contribution in [0.5, 0.6) is 0 Å². The summed E-state index contributed by atoms with van der Waals surface area (Å²) in [6, 6.07) is 34.7. The first-order chi connectivity index (χ1) is 59.1. The summed E-state index contributed by atoms with van der Waals surface area (Å²) in [5.74, 6) is 13.1. The van der Waals surface area contributed by atoms with Crippen molar-refractivity contribution in [1.29, 1.82) is 0 Å². The molecular formula is C104H145N5O10S3. The zero-order valence-electron chi connectivity index (χ0n) is 74.5. The van der Waals surface area contributed by atoms with E-state index in [-0.39, 0.29) is 34.0 Å². The predicted molar refractivity (Wildman–Crippen MR) is 494 cm³/mol. The summed E-state index contributed by atoms with van der Waals surface area (Å²) in [7, 11) is 3.23. The highest BCUT2D eigenvalue weighted by Gasteiger charge is 2.63. The van der Waals surface area contributed by atoms with Crippen molar-refractivity contribution in [2.45, 2.75) is 279 Å². The van der Waals surface area contributed by atoms with Crippen LogP contribution in [0.4, 0.5) is 11.4 Å². The Kier molecular flexibility index (Phi) is 33.0. The van der Waals surface area contributed by atoms with Crippen LogP contribution in [0.2, 0.25) is 0 Å². The van der Waals surface area contributed by atoms with E-state index in [2.05, 4.69) is 120 Å². The number of carbonyl (C=O) groups excluding carboxylic acids is 2. The lowest BCUT2D eigenvalue weighted by molar-refractivity contribution is -0.152. The molecule has 0 spiro atoms. The Morgan fingerprint density at radius 2 is 0.852 bits per heavy atom. The topological polar surface area (TPSA) is 214 Å². The fourth-order valence-electron chi connectivity index (χ4n) is 28.2. The van der Waals surface area contributed by atoms with Crippen LogP contribution in [0, 0.1) is 148 Å². The number of amides is 1. The van der Waals surface area contributed by atoms with Crippen LogP contribution in [0.15, 0.2) is 137 Å². The van der Waals surface area contributed by atoms with Gasteiger partial charge in [-0.2, -0.15) is 0 Å². The molecule has 12 saturated carbocycles. The van der Waals surface area contributed by atoms with E-state index in [1.54, 1.807) is 47.1 Å². The maximum absolute atomic E-state index is 14.1. The Morgan fingerprint density at radius 3 is 1.29 bits per heavy atom. The van der Waals surface area contributed by atoms with Crippen LogP contribution in [-0.4, -0.2) is 122 Å². The van der Waals surface area contributed by atoms with Crippen LogP contribution >= 0.6 is 33.3 Å². The third-order valence-electron chi connectivity index (χ3n) is 33.6. The van der Waals surface area contributed by atoms with Gasteiger partial charge in [0.15, 0.2) is 5.12 Å². The molecule has 5 heterocycles. The second-order valence-electron chi connectivity index (χ2n) is 39.8. The Hall–Kier alpha value is -5.77. The second kappa shape index (κ2) is 42.9. The summed E-state index contributed by atoms with van der Waals surface area (Å²) < 4.78 is 16.8. The van der Waals surface area contributed by atoms with Crippen LogP contribution in [0.1, 0.15) is 246 Å². The van der Waals surface area contributed by atoms with Gasteiger partial charge in [-0.1, -0.05) is 75.4 Å². The number of carboxylic acid groups (broad SMARTS) is 1. The first-order valence-corrected chi connectivity index (χ1v) is 50.4. The lowest BCUT2D eigenvalue weighted by Gasteiger charge is -2.57. The molecule has 19 rings (SSSR count). The molecule has 0 unspecified atom stereocenters. The molecule has 15 nitrogen and oxygen atoms in total. The molecule has 5 aromatic rings. The number of benzene rings is 2. The quantitative estimate of drug-likeness (QED) is 0.0353. The van der Waals surface area contributed by atoms with Crippen molar-refractivity contribution in [2.75, 3.05) is 62.9 Å². The van der Waals surface area contributed by atoms with E-state index in [1.165, 1.54) is 131 Å². The van der Waals surface area contributed by atoms with Gasteiger partial charge in [0.1, 0.15) is 15.1 Å². The number of para-hydroxylation sites is 2. The lowest BCUT2D eigenvalue weighted by atomic mass is 9.49. The summed E-state index contributed by atoms with van der Waals surface area (Å²) in [6.07, 6.45) is 52.8. The zero-order valence-corrected chi connectivity index (χ0v) is 76.9. The minimum absolute atomic E-state index is 0.0181. The number of nitrogens with zero attached hydrogens (tertiary/aromatic N) is 4. The molecule has 14 aliphatic rings. The molecule has 0 saturated heterocycles. The first-order valence-electron chi connectivity index (χ1n) is 47.4. The summed E-state index contributed by atoms with van der Waals surface area (Å²) in [5, 5.41) is 49.4. The Labute approximate surface area is 743 Å². The number of nitrogens with one attached hydrogen (secondary N) is 1. The average molecular weight is 1720 g/mol. The highest BCUT2D eigenvalue weighted by molar-refractivity contribution is 8.76. The Bertz CT molecular complexity index is 4170.